The number of carbonyl (C=O) groups is 2. The zero-order chi connectivity index (χ0) is 33.0. The molecular weight excluding hydrogens is 588 g/mol. The first-order chi connectivity index (χ1) is 22.1. The standard InChI is InChI=1S/C34H38N6O6/c1-18(2)30(34(43)38-22-9-7-8-21(14-22)33-35-17-36-40-33)39-26-13-11-23-24(16-27(26)42)25(37-19(3)41)12-10-20-15-28(44-4)31(45-5)32(46-6)29(20)23/h7-9,11,13-18,25,30H,10,12H2,1-6H3,(H,37,41)(H,38,43)(H,39,42)(H,35,36,40)/t25-,30+/m1/s1. The summed E-state index contributed by atoms with van der Waals surface area (Å²) in [7, 11) is 4.65. The van der Waals surface area contributed by atoms with Gasteiger partial charge in [-0.2, -0.15) is 5.10 Å². The molecule has 3 aromatic carbocycles. The van der Waals surface area contributed by atoms with Crippen LogP contribution in [0.4, 0.5) is 11.4 Å². The number of methoxy groups -OCH3 is 3. The number of anilines is 2. The van der Waals surface area contributed by atoms with Gasteiger partial charge in [-0.3, -0.25) is 19.5 Å². The lowest BCUT2D eigenvalue weighted by Gasteiger charge is -2.22. The maximum atomic E-state index is 13.8. The number of benzene rings is 2. The van der Waals surface area contributed by atoms with E-state index in [9.17, 15) is 14.4 Å². The van der Waals surface area contributed by atoms with E-state index in [0.29, 0.717) is 52.7 Å². The van der Waals surface area contributed by atoms with E-state index in [1.807, 2.05) is 38.1 Å². The predicted octanol–water partition coefficient (Wildman–Crippen LogP) is 4.72. The summed E-state index contributed by atoms with van der Waals surface area (Å²) in [6.07, 6.45) is 2.54. The van der Waals surface area contributed by atoms with Crippen LogP contribution in [0.15, 0.2) is 59.7 Å². The molecule has 240 valence electrons. The molecule has 46 heavy (non-hydrogen) atoms. The Hall–Kier alpha value is -5.39. The molecule has 0 bridgehead atoms. The van der Waals surface area contributed by atoms with Crippen molar-refractivity contribution in [3.8, 4) is 39.8 Å². The molecule has 1 aliphatic rings. The van der Waals surface area contributed by atoms with Crippen molar-refractivity contribution in [2.45, 2.75) is 45.7 Å². The first-order valence-corrected chi connectivity index (χ1v) is 15.0. The number of nitrogens with zero attached hydrogens (tertiary/aromatic N) is 2. The Bertz CT molecular complexity index is 1810. The molecular formula is C34H38N6O6. The van der Waals surface area contributed by atoms with E-state index in [-0.39, 0.29) is 28.8 Å². The first kappa shape index (κ1) is 32.0. The maximum Gasteiger partial charge on any atom is 0.247 e. The van der Waals surface area contributed by atoms with Crippen molar-refractivity contribution in [2.75, 3.05) is 32.0 Å². The number of aromatic nitrogens is 3. The van der Waals surface area contributed by atoms with Crippen LogP contribution in [0.1, 0.15) is 44.4 Å². The number of nitrogens with one attached hydrogen (secondary N) is 4. The fraction of sp³-hybridized carbons (Fsp3) is 0.324. The van der Waals surface area contributed by atoms with Crippen LogP contribution in [0.3, 0.4) is 0 Å². The third-order valence-corrected chi connectivity index (χ3v) is 7.99. The van der Waals surface area contributed by atoms with Crippen LogP contribution in [-0.4, -0.2) is 54.4 Å². The summed E-state index contributed by atoms with van der Waals surface area (Å²) in [5.41, 5.74) is 4.24. The van der Waals surface area contributed by atoms with Crippen LogP contribution in [0.5, 0.6) is 17.2 Å². The van der Waals surface area contributed by atoms with Gasteiger partial charge in [-0.15, -0.1) is 0 Å². The number of fused-ring (bicyclic) bond motifs is 3. The molecule has 12 nitrogen and oxygen atoms in total. The molecule has 4 aromatic rings. The highest BCUT2D eigenvalue weighted by molar-refractivity contribution is 5.97. The molecule has 0 spiro atoms. The Kier molecular flexibility index (Phi) is 9.55. The van der Waals surface area contributed by atoms with E-state index in [4.69, 9.17) is 14.2 Å². The van der Waals surface area contributed by atoms with Gasteiger partial charge in [0.25, 0.3) is 0 Å². The molecule has 4 N–H and O–H groups in total. The molecule has 0 fully saturated rings. The molecule has 1 aromatic heterocycles. The second-order valence-electron chi connectivity index (χ2n) is 11.4. The molecule has 5 rings (SSSR count). The van der Waals surface area contributed by atoms with Crippen molar-refractivity contribution in [3.05, 3.63) is 76.2 Å². The zero-order valence-corrected chi connectivity index (χ0v) is 26.7. The van der Waals surface area contributed by atoms with Crippen molar-refractivity contribution >= 4 is 23.2 Å². The number of rotatable bonds is 10. The molecule has 0 unspecified atom stereocenters. The zero-order valence-electron chi connectivity index (χ0n) is 26.7. The molecule has 1 heterocycles. The minimum atomic E-state index is -0.749. The number of aromatic amines is 1. The van der Waals surface area contributed by atoms with E-state index >= 15 is 0 Å². The summed E-state index contributed by atoms with van der Waals surface area (Å²) in [5, 5.41) is 15.9. The normalized spacial score (nSPS) is 14.3. The van der Waals surface area contributed by atoms with Gasteiger partial charge in [0, 0.05) is 23.7 Å². The van der Waals surface area contributed by atoms with Crippen LogP contribution in [0.2, 0.25) is 0 Å². The van der Waals surface area contributed by atoms with Gasteiger partial charge >= 0.3 is 0 Å². The van der Waals surface area contributed by atoms with Crippen molar-refractivity contribution < 1.29 is 23.8 Å². The van der Waals surface area contributed by atoms with E-state index in [0.717, 1.165) is 16.7 Å². The molecule has 0 saturated heterocycles. The number of ether oxygens (including phenoxy) is 3. The second kappa shape index (κ2) is 13.7. The Morgan fingerprint density at radius 3 is 2.43 bits per heavy atom. The fourth-order valence-electron chi connectivity index (χ4n) is 5.84. The number of aryl methyl sites for hydroxylation is 1. The van der Waals surface area contributed by atoms with Crippen molar-refractivity contribution in [3.63, 3.8) is 0 Å². The lowest BCUT2D eigenvalue weighted by atomic mass is 9.95. The molecule has 0 radical (unpaired) electrons. The summed E-state index contributed by atoms with van der Waals surface area (Å²) in [4.78, 5) is 43.9. The van der Waals surface area contributed by atoms with Gasteiger partial charge in [0.2, 0.25) is 23.0 Å². The van der Waals surface area contributed by atoms with Crippen LogP contribution >= 0.6 is 0 Å². The largest absolute Gasteiger partial charge is 0.493 e. The summed E-state index contributed by atoms with van der Waals surface area (Å²) in [6, 6.07) is 13.0. The Morgan fingerprint density at radius 1 is 1.00 bits per heavy atom. The minimum Gasteiger partial charge on any atom is -0.493 e. The van der Waals surface area contributed by atoms with E-state index in [1.54, 1.807) is 32.4 Å². The van der Waals surface area contributed by atoms with Gasteiger partial charge in [-0.1, -0.05) is 32.0 Å². The van der Waals surface area contributed by atoms with Crippen molar-refractivity contribution in [1.29, 1.82) is 0 Å². The van der Waals surface area contributed by atoms with Crippen LogP contribution in [0, 0.1) is 5.92 Å². The van der Waals surface area contributed by atoms with E-state index < -0.39 is 12.1 Å². The molecule has 0 saturated carbocycles. The first-order valence-electron chi connectivity index (χ1n) is 15.0. The topological polar surface area (TPSA) is 157 Å². The van der Waals surface area contributed by atoms with Gasteiger partial charge in [-0.05, 0) is 65.8 Å². The fourth-order valence-corrected chi connectivity index (χ4v) is 5.84. The van der Waals surface area contributed by atoms with E-state index in [2.05, 4.69) is 31.1 Å². The quantitative estimate of drug-likeness (QED) is 0.196. The molecule has 12 heteroatoms. The molecule has 2 amide bonds. The number of hydrogen-bond donors (Lipinski definition) is 4. The van der Waals surface area contributed by atoms with Gasteiger partial charge in [0.15, 0.2) is 17.3 Å². The highest BCUT2D eigenvalue weighted by Gasteiger charge is 2.30. The number of carbonyl (C=O) groups excluding carboxylic acids is 2. The third kappa shape index (κ3) is 6.51. The van der Waals surface area contributed by atoms with Gasteiger partial charge < -0.3 is 30.2 Å². The van der Waals surface area contributed by atoms with Crippen LogP contribution in [-0.2, 0) is 16.0 Å². The van der Waals surface area contributed by atoms with Crippen LogP contribution in [0.25, 0.3) is 22.5 Å². The summed E-state index contributed by atoms with van der Waals surface area (Å²) in [5.74, 6) is 1.27. The average molecular weight is 627 g/mol. The molecule has 1 aliphatic carbocycles. The monoisotopic (exact) mass is 626 g/mol. The third-order valence-electron chi connectivity index (χ3n) is 7.99. The lowest BCUT2D eigenvalue weighted by molar-refractivity contribution is -0.120. The Labute approximate surface area is 266 Å². The Morgan fingerprint density at radius 2 is 1.78 bits per heavy atom. The summed E-state index contributed by atoms with van der Waals surface area (Å²) >= 11 is 0. The Balaban J connectivity index is 1.56. The highest BCUT2D eigenvalue weighted by atomic mass is 16.5. The number of H-pyrrole nitrogens is 1. The average Bonchev–Trinajstić information content (AvgIpc) is 3.48. The minimum absolute atomic E-state index is 0.176. The second-order valence-corrected chi connectivity index (χ2v) is 11.4. The van der Waals surface area contributed by atoms with Crippen molar-refractivity contribution in [1.82, 2.24) is 20.5 Å². The molecule has 2 atom stereocenters. The predicted molar refractivity (Wildman–Crippen MR) is 175 cm³/mol. The highest BCUT2D eigenvalue weighted by Crippen LogP contribution is 2.50. The summed E-state index contributed by atoms with van der Waals surface area (Å²) < 4.78 is 17.1. The van der Waals surface area contributed by atoms with Crippen LogP contribution < -0.4 is 35.6 Å². The smallest absolute Gasteiger partial charge is 0.247 e. The van der Waals surface area contributed by atoms with E-state index in [1.165, 1.54) is 26.4 Å². The van der Waals surface area contributed by atoms with Crippen molar-refractivity contribution in [2.24, 2.45) is 5.92 Å². The lowest BCUT2D eigenvalue weighted by Crippen LogP contribution is -2.39. The number of hydrogen-bond acceptors (Lipinski definition) is 9. The number of amides is 2. The maximum absolute atomic E-state index is 13.8. The van der Waals surface area contributed by atoms with Gasteiger partial charge in [-0.25, -0.2) is 4.98 Å². The van der Waals surface area contributed by atoms with Gasteiger partial charge in [0.05, 0.1) is 33.1 Å². The van der Waals surface area contributed by atoms with Gasteiger partial charge in [0.1, 0.15) is 12.4 Å². The summed E-state index contributed by atoms with van der Waals surface area (Å²) in [6.45, 7) is 5.25. The molecule has 0 aliphatic heterocycles. The SMILES string of the molecule is COc1cc2c(c(OC)c1OC)-c1ccc(N[C@H](C(=O)Nc3cccc(-c4ncn[nH]4)c3)C(C)C)c(=O)cc1[C@H](NC(C)=O)CC2.